The van der Waals surface area contributed by atoms with E-state index >= 15 is 0 Å². The van der Waals surface area contributed by atoms with Crippen LogP contribution in [0.5, 0.6) is 5.75 Å². The van der Waals surface area contributed by atoms with Crippen LogP contribution in [0.4, 0.5) is 4.39 Å². The standard InChI is InChI=1S/C24H25FN2O4S/c1-27-24(20-10-6-12-22(14-20)30-16-18-7-3-2-4-8-18)23(17-31-27)32(28,29)26-15-19-9-5-11-21(25)13-19/h2-14,23-24,26H,15-17H2,1H3/t23-,24+/m1/s1. The maximum absolute atomic E-state index is 13.4. The van der Waals surface area contributed by atoms with Gasteiger partial charge in [-0.15, -0.1) is 0 Å². The van der Waals surface area contributed by atoms with E-state index in [1.165, 1.54) is 12.1 Å². The van der Waals surface area contributed by atoms with Crippen molar-refractivity contribution in [3.8, 4) is 5.75 Å². The van der Waals surface area contributed by atoms with Crippen LogP contribution in [-0.2, 0) is 28.0 Å². The van der Waals surface area contributed by atoms with Gasteiger partial charge in [0.25, 0.3) is 0 Å². The van der Waals surface area contributed by atoms with E-state index in [1.54, 1.807) is 24.2 Å². The van der Waals surface area contributed by atoms with Crippen molar-refractivity contribution in [1.82, 2.24) is 9.79 Å². The molecule has 1 aliphatic heterocycles. The van der Waals surface area contributed by atoms with Crippen molar-refractivity contribution in [1.29, 1.82) is 0 Å². The van der Waals surface area contributed by atoms with E-state index in [-0.39, 0.29) is 13.2 Å². The SMILES string of the molecule is CN1OC[C@@H](S(=O)(=O)NCc2cccc(F)c2)[C@@H]1c1cccc(OCc2ccccc2)c1. The van der Waals surface area contributed by atoms with Crippen molar-refractivity contribution in [2.24, 2.45) is 0 Å². The summed E-state index contributed by atoms with van der Waals surface area (Å²) < 4.78 is 48.1. The summed E-state index contributed by atoms with van der Waals surface area (Å²) >= 11 is 0. The molecular weight excluding hydrogens is 431 g/mol. The molecule has 0 bridgehead atoms. The Balaban J connectivity index is 1.49. The van der Waals surface area contributed by atoms with Crippen molar-refractivity contribution >= 4 is 10.0 Å². The number of halogens is 1. The van der Waals surface area contributed by atoms with Gasteiger partial charge in [0, 0.05) is 13.6 Å². The third-order valence-electron chi connectivity index (χ3n) is 5.40. The highest BCUT2D eigenvalue weighted by Gasteiger charge is 2.43. The van der Waals surface area contributed by atoms with Gasteiger partial charge in [-0.05, 0) is 41.0 Å². The maximum atomic E-state index is 13.4. The summed E-state index contributed by atoms with van der Waals surface area (Å²) in [6, 6.07) is 22.5. The Kier molecular flexibility index (Phi) is 6.86. The van der Waals surface area contributed by atoms with E-state index < -0.39 is 27.1 Å². The molecule has 1 N–H and O–H groups in total. The van der Waals surface area contributed by atoms with Gasteiger partial charge >= 0.3 is 0 Å². The Morgan fingerprint density at radius 1 is 1.03 bits per heavy atom. The first-order valence-corrected chi connectivity index (χ1v) is 11.8. The predicted molar refractivity (Wildman–Crippen MR) is 120 cm³/mol. The van der Waals surface area contributed by atoms with Crippen LogP contribution in [0.2, 0.25) is 0 Å². The van der Waals surface area contributed by atoms with Gasteiger partial charge in [0.1, 0.15) is 23.4 Å². The van der Waals surface area contributed by atoms with E-state index in [4.69, 9.17) is 9.57 Å². The second kappa shape index (κ2) is 9.79. The molecule has 1 fully saturated rings. The Morgan fingerprint density at radius 2 is 1.78 bits per heavy atom. The number of nitrogens with zero attached hydrogens (tertiary/aromatic N) is 1. The molecule has 1 heterocycles. The molecule has 2 atom stereocenters. The van der Waals surface area contributed by atoms with Crippen LogP contribution >= 0.6 is 0 Å². The second-order valence-corrected chi connectivity index (χ2v) is 9.65. The van der Waals surface area contributed by atoms with Crippen LogP contribution in [0.3, 0.4) is 0 Å². The fourth-order valence-electron chi connectivity index (χ4n) is 3.75. The van der Waals surface area contributed by atoms with Gasteiger partial charge in [0.05, 0.1) is 12.6 Å². The molecule has 0 amide bonds. The summed E-state index contributed by atoms with van der Waals surface area (Å²) in [5.74, 6) is 0.242. The molecule has 168 valence electrons. The highest BCUT2D eigenvalue weighted by atomic mass is 32.2. The first-order chi connectivity index (χ1) is 15.4. The molecule has 0 saturated carbocycles. The zero-order chi connectivity index (χ0) is 22.6. The molecular formula is C24H25FN2O4S. The minimum absolute atomic E-state index is 0.00720. The fourth-order valence-corrected chi connectivity index (χ4v) is 5.24. The fraction of sp³-hybridized carbons (Fsp3) is 0.250. The van der Waals surface area contributed by atoms with Crippen LogP contribution in [0.25, 0.3) is 0 Å². The average molecular weight is 457 g/mol. The molecule has 0 aliphatic carbocycles. The van der Waals surface area contributed by atoms with Crippen molar-refractivity contribution in [3.63, 3.8) is 0 Å². The summed E-state index contributed by atoms with van der Waals surface area (Å²) in [6.45, 7) is 0.445. The van der Waals surface area contributed by atoms with Gasteiger partial charge in [-0.1, -0.05) is 54.6 Å². The number of hydroxylamine groups is 2. The van der Waals surface area contributed by atoms with Gasteiger partial charge in [0.2, 0.25) is 10.0 Å². The van der Waals surface area contributed by atoms with Crippen LogP contribution in [0.15, 0.2) is 78.9 Å². The minimum Gasteiger partial charge on any atom is -0.489 e. The van der Waals surface area contributed by atoms with E-state index in [0.29, 0.717) is 17.9 Å². The molecule has 6 nitrogen and oxygen atoms in total. The zero-order valence-corrected chi connectivity index (χ0v) is 18.5. The van der Waals surface area contributed by atoms with Crippen molar-refractivity contribution < 1.29 is 22.4 Å². The van der Waals surface area contributed by atoms with Crippen LogP contribution in [0.1, 0.15) is 22.7 Å². The van der Waals surface area contributed by atoms with E-state index in [9.17, 15) is 12.8 Å². The third kappa shape index (κ3) is 5.34. The molecule has 8 heteroatoms. The quantitative estimate of drug-likeness (QED) is 0.558. The first-order valence-electron chi connectivity index (χ1n) is 10.3. The highest BCUT2D eigenvalue weighted by molar-refractivity contribution is 7.90. The van der Waals surface area contributed by atoms with Crippen LogP contribution < -0.4 is 9.46 Å². The Labute approximate surface area is 187 Å². The van der Waals surface area contributed by atoms with Crippen molar-refractivity contribution in [3.05, 3.63) is 101 Å². The van der Waals surface area contributed by atoms with E-state index in [0.717, 1.165) is 11.1 Å². The lowest BCUT2D eigenvalue weighted by atomic mass is 10.0. The zero-order valence-electron chi connectivity index (χ0n) is 17.6. The number of benzene rings is 3. The largest absolute Gasteiger partial charge is 0.489 e. The molecule has 4 rings (SSSR count). The molecule has 0 aromatic heterocycles. The lowest BCUT2D eigenvalue weighted by Crippen LogP contribution is -2.39. The van der Waals surface area contributed by atoms with Crippen molar-refractivity contribution in [2.75, 3.05) is 13.7 Å². The Morgan fingerprint density at radius 3 is 2.56 bits per heavy atom. The third-order valence-corrected chi connectivity index (χ3v) is 7.14. The number of hydrogen-bond donors (Lipinski definition) is 1. The number of rotatable bonds is 8. The number of hydrogen-bond acceptors (Lipinski definition) is 5. The Bertz CT molecular complexity index is 1160. The summed E-state index contributed by atoms with van der Waals surface area (Å²) in [5.41, 5.74) is 2.37. The topological polar surface area (TPSA) is 67.9 Å². The number of ether oxygens (including phenoxy) is 1. The number of nitrogens with one attached hydrogen (secondary N) is 1. The lowest BCUT2D eigenvalue weighted by Gasteiger charge is -2.23. The molecule has 0 spiro atoms. The smallest absolute Gasteiger partial charge is 0.219 e. The Hall–Kier alpha value is -2.78. The second-order valence-electron chi connectivity index (χ2n) is 7.67. The summed E-state index contributed by atoms with van der Waals surface area (Å²) in [6.07, 6.45) is 0. The number of sulfonamides is 1. The van der Waals surface area contributed by atoms with Gasteiger partial charge in [-0.3, -0.25) is 4.84 Å². The van der Waals surface area contributed by atoms with Gasteiger partial charge in [-0.2, -0.15) is 5.06 Å². The first kappa shape index (κ1) is 22.4. The monoisotopic (exact) mass is 456 g/mol. The molecule has 3 aromatic rings. The normalized spacial score (nSPS) is 19.2. The predicted octanol–water partition coefficient (Wildman–Crippen LogP) is 3.81. The molecule has 1 saturated heterocycles. The average Bonchev–Trinajstić information content (AvgIpc) is 3.20. The molecule has 0 unspecified atom stereocenters. The van der Waals surface area contributed by atoms with Gasteiger partial charge < -0.3 is 4.74 Å². The van der Waals surface area contributed by atoms with E-state index in [1.807, 2.05) is 54.6 Å². The molecule has 3 aromatic carbocycles. The molecule has 0 radical (unpaired) electrons. The summed E-state index contributed by atoms with van der Waals surface area (Å²) in [5, 5.41) is 0.730. The minimum atomic E-state index is -3.75. The summed E-state index contributed by atoms with van der Waals surface area (Å²) in [7, 11) is -2.04. The van der Waals surface area contributed by atoms with E-state index in [2.05, 4.69) is 4.72 Å². The highest BCUT2D eigenvalue weighted by Crippen LogP contribution is 2.34. The molecule has 1 aliphatic rings. The lowest BCUT2D eigenvalue weighted by molar-refractivity contribution is -0.110. The van der Waals surface area contributed by atoms with Crippen molar-refractivity contribution in [2.45, 2.75) is 24.4 Å². The van der Waals surface area contributed by atoms with Crippen LogP contribution in [-0.4, -0.2) is 32.4 Å². The maximum Gasteiger partial charge on any atom is 0.219 e. The van der Waals surface area contributed by atoms with Gasteiger partial charge in [0.15, 0.2) is 0 Å². The van der Waals surface area contributed by atoms with Gasteiger partial charge in [-0.25, -0.2) is 17.5 Å². The molecule has 32 heavy (non-hydrogen) atoms. The van der Waals surface area contributed by atoms with Crippen LogP contribution in [0, 0.1) is 5.82 Å². The summed E-state index contributed by atoms with van der Waals surface area (Å²) in [4.78, 5) is 5.57.